The highest BCUT2D eigenvalue weighted by molar-refractivity contribution is 8.00. The van der Waals surface area contributed by atoms with Gasteiger partial charge in [-0.3, -0.25) is 4.79 Å². The second-order valence-electron chi connectivity index (χ2n) is 8.72. The topological polar surface area (TPSA) is 91.0 Å². The number of urea groups is 1. The number of carbonyl (C=O) groups is 3. The summed E-state index contributed by atoms with van der Waals surface area (Å²) in [7, 11) is 0. The number of thioether (sulfide) groups is 1. The SMILES string of the molecule is CC(C)(C)OC(=O)N1CCN(C(=O)CCCC[C@@H]2SC[C@@H]3NC(=O)N[C@@H]32)CC1. The molecule has 28 heavy (non-hydrogen) atoms. The van der Waals surface area contributed by atoms with E-state index in [-0.39, 0.29) is 30.1 Å². The average Bonchev–Trinajstić information content (AvgIpc) is 3.16. The monoisotopic (exact) mass is 412 g/mol. The Balaban J connectivity index is 1.31. The summed E-state index contributed by atoms with van der Waals surface area (Å²) in [5.74, 6) is 1.13. The Morgan fingerprint density at radius 1 is 1.11 bits per heavy atom. The van der Waals surface area contributed by atoms with Crippen molar-refractivity contribution in [3.05, 3.63) is 0 Å². The number of piperazine rings is 1. The molecule has 0 aromatic rings. The van der Waals surface area contributed by atoms with Crippen LogP contribution in [0.1, 0.15) is 46.5 Å². The molecule has 3 aliphatic rings. The Morgan fingerprint density at radius 2 is 1.79 bits per heavy atom. The van der Waals surface area contributed by atoms with Gasteiger partial charge in [0.05, 0.1) is 12.1 Å². The number of ether oxygens (including phenoxy) is 1. The standard InChI is InChI=1S/C19H32N4O4S/c1-19(2,3)27-18(26)23-10-8-22(9-11-23)15(24)7-5-4-6-14-16-13(12-28-14)20-17(25)21-16/h13-14,16H,4-12H2,1-3H3,(H2,20,21,25)/t13-,14-,16-/m0/s1. The smallest absolute Gasteiger partial charge is 0.410 e. The van der Waals surface area contributed by atoms with E-state index in [4.69, 9.17) is 4.74 Å². The van der Waals surface area contributed by atoms with Gasteiger partial charge in [-0.15, -0.1) is 0 Å². The third-order valence-electron chi connectivity index (χ3n) is 5.35. The minimum Gasteiger partial charge on any atom is -0.444 e. The van der Waals surface area contributed by atoms with Crippen LogP contribution in [-0.2, 0) is 9.53 Å². The van der Waals surface area contributed by atoms with Gasteiger partial charge in [0.15, 0.2) is 0 Å². The molecule has 9 heteroatoms. The van der Waals surface area contributed by atoms with E-state index >= 15 is 0 Å². The summed E-state index contributed by atoms with van der Waals surface area (Å²) in [5, 5.41) is 6.40. The van der Waals surface area contributed by atoms with E-state index in [1.807, 2.05) is 37.4 Å². The number of unbranched alkanes of at least 4 members (excludes halogenated alkanes) is 1. The lowest BCUT2D eigenvalue weighted by molar-refractivity contribution is -0.133. The summed E-state index contributed by atoms with van der Waals surface area (Å²) in [6.07, 6.45) is 3.11. The van der Waals surface area contributed by atoms with Gasteiger partial charge >= 0.3 is 12.1 Å². The van der Waals surface area contributed by atoms with E-state index < -0.39 is 5.60 Å². The maximum Gasteiger partial charge on any atom is 0.410 e. The van der Waals surface area contributed by atoms with Crippen LogP contribution in [0.2, 0.25) is 0 Å². The number of hydrogen-bond donors (Lipinski definition) is 2. The van der Waals surface area contributed by atoms with E-state index in [1.165, 1.54) is 0 Å². The van der Waals surface area contributed by atoms with Crippen molar-refractivity contribution in [2.45, 2.75) is 69.4 Å². The van der Waals surface area contributed by atoms with Crippen molar-refractivity contribution < 1.29 is 19.1 Å². The van der Waals surface area contributed by atoms with E-state index in [0.717, 1.165) is 25.0 Å². The number of fused-ring (bicyclic) bond motifs is 1. The molecule has 0 spiro atoms. The Kier molecular flexibility index (Phi) is 6.62. The number of hydrogen-bond acceptors (Lipinski definition) is 5. The van der Waals surface area contributed by atoms with Gasteiger partial charge in [0.2, 0.25) is 5.91 Å². The molecule has 3 atom stereocenters. The average molecular weight is 413 g/mol. The Labute approximate surface area is 171 Å². The van der Waals surface area contributed by atoms with Crippen LogP contribution in [0, 0.1) is 0 Å². The Morgan fingerprint density at radius 3 is 2.46 bits per heavy atom. The first-order valence-corrected chi connectivity index (χ1v) is 11.2. The second-order valence-corrected chi connectivity index (χ2v) is 9.99. The fourth-order valence-electron chi connectivity index (χ4n) is 3.89. The molecule has 0 saturated carbocycles. The maximum absolute atomic E-state index is 12.4. The number of amides is 4. The highest BCUT2D eigenvalue weighted by Crippen LogP contribution is 2.33. The number of nitrogens with zero attached hydrogens (tertiary/aromatic N) is 2. The zero-order valence-electron chi connectivity index (χ0n) is 17.0. The Bertz CT molecular complexity index is 601. The van der Waals surface area contributed by atoms with Gasteiger partial charge in [-0.1, -0.05) is 6.42 Å². The molecule has 3 aliphatic heterocycles. The molecule has 0 aliphatic carbocycles. The molecule has 0 unspecified atom stereocenters. The summed E-state index contributed by atoms with van der Waals surface area (Å²) in [6.45, 7) is 7.74. The summed E-state index contributed by atoms with van der Waals surface area (Å²) in [5.41, 5.74) is -0.501. The zero-order chi connectivity index (χ0) is 20.3. The first-order chi connectivity index (χ1) is 13.2. The third kappa shape index (κ3) is 5.46. The molecule has 0 aromatic heterocycles. The largest absolute Gasteiger partial charge is 0.444 e. The van der Waals surface area contributed by atoms with Crippen LogP contribution in [0.5, 0.6) is 0 Å². The first-order valence-electron chi connectivity index (χ1n) is 10.2. The maximum atomic E-state index is 12.4. The predicted molar refractivity (Wildman–Crippen MR) is 108 cm³/mol. The highest BCUT2D eigenvalue weighted by Gasteiger charge is 2.42. The van der Waals surface area contributed by atoms with Crippen molar-refractivity contribution in [2.24, 2.45) is 0 Å². The zero-order valence-corrected chi connectivity index (χ0v) is 17.8. The molecular weight excluding hydrogens is 380 g/mol. The molecule has 3 fully saturated rings. The normalized spacial score (nSPS) is 27.2. The molecule has 4 amide bonds. The summed E-state index contributed by atoms with van der Waals surface area (Å²) in [4.78, 5) is 39.5. The third-order valence-corrected chi connectivity index (χ3v) is 6.86. The second kappa shape index (κ2) is 8.80. The van der Waals surface area contributed by atoms with Crippen molar-refractivity contribution in [1.82, 2.24) is 20.4 Å². The van der Waals surface area contributed by atoms with Crippen LogP contribution in [0.25, 0.3) is 0 Å². The van der Waals surface area contributed by atoms with Crippen molar-refractivity contribution in [3.63, 3.8) is 0 Å². The van der Waals surface area contributed by atoms with Crippen LogP contribution in [0.15, 0.2) is 0 Å². The van der Waals surface area contributed by atoms with E-state index in [1.54, 1.807) is 4.90 Å². The van der Waals surface area contributed by atoms with Crippen molar-refractivity contribution in [2.75, 3.05) is 31.9 Å². The lowest BCUT2D eigenvalue weighted by atomic mass is 10.0. The fraction of sp³-hybridized carbons (Fsp3) is 0.842. The summed E-state index contributed by atoms with van der Waals surface area (Å²) < 4.78 is 5.39. The van der Waals surface area contributed by atoms with Gasteiger partial charge in [-0.25, -0.2) is 9.59 Å². The van der Waals surface area contributed by atoms with Gasteiger partial charge in [-0.2, -0.15) is 11.8 Å². The number of rotatable bonds is 5. The van der Waals surface area contributed by atoms with E-state index in [2.05, 4.69) is 10.6 Å². The molecule has 3 rings (SSSR count). The number of nitrogens with one attached hydrogen (secondary N) is 2. The van der Waals surface area contributed by atoms with Gasteiger partial charge in [-0.05, 0) is 33.6 Å². The first kappa shape index (κ1) is 21.1. The van der Waals surface area contributed by atoms with Gasteiger partial charge in [0, 0.05) is 43.6 Å². The van der Waals surface area contributed by atoms with Crippen LogP contribution >= 0.6 is 11.8 Å². The molecule has 3 saturated heterocycles. The Hall–Kier alpha value is -1.64. The lowest BCUT2D eigenvalue weighted by Crippen LogP contribution is -2.51. The van der Waals surface area contributed by atoms with Gasteiger partial charge in [0.1, 0.15) is 5.60 Å². The molecular formula is C19H32N4O4S. The predicted octanol–water partition coefficient (Wildman–Crippen LogP) is 1.79. The quantitative estimate of drug-likeness (QED) is 0.531. The molecule has 2 N–H and O–H groups in total. The number of carbonyl (C=O) groups excluding carboxylic acids is 3. The molecule has 0 bridgehead atoms. The summed E-state index contributed by atoms with van der Waals surface area (Å²) in [6, 6.07) is 0.431. The molecule has 3 heterocycles. The molecule has 8 nitrogen and oxygen atoms in total. The molecule has 0 aromatic carbocycles. The van der Waals surface area contributed by atoms with E-state index in [0.29, 0.717) is 37.8 Å². The van der Waals surface area contributed by atoms with Crippen molar-refractivity contribution in [3.8, 4) is 0 Å². The van der Waals surface area contributed by atoms with Crippen LogP contribution in [-0.4, -0.2) is 82.7 Å². The summed E-state index contributed by atoms with van der Waals surface area (Å²) >= 11 is 1.91. The lowest BCUT2D eigenvalue weighted by Gasteiger charge is -2.35. The van der Waals surface area contributed by atoms with Crippen LogP contribution in [0.4, 0.5) is 9.59 Å². The van der Waals surface area contributed by atoms with E-state index in [9.17, 15) is 14.4 Å². The van der Waals surface area contributed by atoms with Crippen LogP contribution < -0.4 is 10.6 Å². The molecule has 158 valence electrons. The van der Waals surface area contributed by atoms with Crippen LogP contribution in [0.3, 0.4) is 0 Å². The van der Waals surface area contributed by atoms with Crippen molar-refractivity contribution in [1.29, 1.82) is 0 Å². The fourth-order valence-corrected chi connectivity index (χ4v) is 5.43. The highest BCUT2D eigenvalue weighted by atomic mass is 32.2. The molecule has 0 radical (unpaired) electrons. The minimum atomic E-state index is -0.501. The minimum absolute atomic E-state index is 0.0546. The van der Waals surface area contributed by atoms with Gasteiger partial charge < -0.3 is 25.2 Å². The van der Waals surface area contributed by atoms with Gasteiger partial charge in [0.25, 0.3) is 0 Å². The van der Waals surface area contributed by atoms with Crippen molar-refractivity contribution >= 4 is 29.8 Å².